The quantitative estimate of drug-likeness (QED) is 0.720. The predicted molar refractivity (Wildman–Crippen MR) is 55.6 cm³/mol. The molecule has 0 aliphatic carbocycles. The summed E-state index contributed by atoms with van der Waals surface area (Å²) < 4.78 is 0. The van der Waals surface area contributed by atoms with Gasteiger partial charge in [0.15, 0.2) is 0 Å². The highest BCUT2D eigenvalue weighted by atomic mass is 15.1. The molecular formula is C11H15N3. The summed E-state index contributed by atoms with van der Waals surface area (Å²) in [6.07, 6.45) is 4.55. The first-order chi connectivity index (χ1) is 6.74. The van der Waals surface area contributed by atoms with Gasteiger partial charge in [-0.2, -0.15) is 5.26 Å². The molecule has 3 nitrogen and oxygen atoms in total. The Kier molecular flexibility index (Phi) is 4.09. The average Bonchev–Trinajstić information content (AvgIpc) is 2.26. The number of nitriles is 1. The highest BCUT2D eigenvalue weighted by molar-refractivity contribution is 5.10. The lowest BCUT2D eigenvalue weighted by atomic mass is 10.2. The minimum atomic E-state index is -0.0168. The molecule has 0 saturated heterocycles. The Morgan fingerprint density at radius 3 is 2.71 bits per heavy atom. The van der Waals surface area contributed by atoms with Gasteiger partial charge >= 0.3 is 0 Å². The molecule has 3 heteroatoms. The molecule has 1 atom stereocenters. The summed E-state index contributed by atoms with van der Waals surface area (Å²) >= 11 is 0. The molecule has 0 aromatic carbocycles. The number of hydrogen-bond donors (Lipinski definition) is 0. The van der Waals surface area contributed by atoms with E-state index in [1.165, 1.54) is 5.56 Å². The van der Waals surface area contributed by atoms with Crippen molar-refractivity contribution in [1.82, 2.24) is 9.88 Å². The van der Waals surface area contributed by atoms with Crippen LogP contribution in [0.1, 0.15) is 12.5 Å². The van der Waals surface area contributed by atoms with Gasteiger partial charge in [-0.15, -0.1) is 0 Å². The number of aromatic nitrogens is 1. The van der Waals surface area contributed by atoms with E-state index in [2.05, 4.69) is 11.1 Å². The van der Waals surface area contributed by atoms with Crippen LogP contribution in [0.2, 0.25) is 0 Å². The van der Waals surface area contributed by atoms with E-state index in [9.17, 15) is 0 Å². The van der Waals surface area contributed by atoms with Crippen LogP contribution in [0.25, 0.3) is 0 Å². The van der Waals surface area contributed by atoms with Crippen LogP contribution in [0, 0.1) is 11.3 Å². The van der Waals surface area contributed by atoms with Crippen LogP contribution < -0.4 is 0 Å². The second-order valence-electron chi connectivity index (χ2n) is 3.39. The van der Waals surface area contributed by atoms with Crippen LogP contribution in [-0.2, 0) is 6.42 Å². The van der Waals surface area contributed by atoms with Crippen molar-refractivity contribution in [3.05, 3.63) is 30.1 Å². The van der Waals surface area contributed by atoms with Gasteiger partial charge in [-0.3, -0.25) is 9.88 Å². The first-order valence-corrected chi connectivity index (χ1v) is 4.73. The minimum absolute atomic E-state index is 0.0168. The molecule has 0 fully saturated rings. The number of rotatable bonds is 4. The van der Waals surface area contributed by atoms with Crippen LogP contribution in [0.4, 0.5) is 0 Å². The van der Waals surface area contributed by atoms with Crippen molar-refractivity contribution in [1.29, 1.82) is 5.26 Å². The van der Waals surface area contributed by atoms with Crippen molar-refractivity contribution in [2.75, 3.05) is 13.6 Å². The molecule has 0 saturated carbocycles. The van der Waals surface area contributed by atoms with E-state index in [0.29, 0.717) is 0 Å². The third-order valence-corrected chi connectivity index (χ3v) is 2.35. The average molecular weight is 189 g/mol. The van der Waals surface area contributed by atoms with Gasteiger partial charge in [-0.05, 0) is 38.1 Å². The highest BCUT2D eigenvalue weighted by Gasteiger charge is 2.06. The molecule has 0 radical (unpaired) electrons. The largest absolute Gasteiger partial charge is 0.291 e. The normalized spacial score (nSPS) is 12.4. The van der Waals surface area contributed by atoms with Crippen LogP contribution in [0.5, 0.6) is 0 Å². The van der Waals surface area contributed by atoms with Gasteiger partial charge in [-0.1, -0.05) is 0 Å². The molecule has 1 aromatic rings. The van der Waals surface area contributed by atoms with Crippen molar-refractivity contribution in [2.24, 2.45) is 0 Å². The Balaban J connectivity index is 2.39. The Labute approximate surface area is 85.0 Å². The van der Waals surface area contributed by atoms with Crippen molar-refractivity contribution < 1.29 is 0 Å². The molecule has 0 spiro atoms. The third kappa shape index (κ3) is 3.15. The molecule has 0 aliphatic heterocycles. The number of pyridine rings is 1. The molecule has 74 valence electrons. The van der Waals surface area contributed by atoms with Crippen LogP contribution in [0.3, 0.4) is 0 Å². The predicted octanol–water partition coefficient (Wildman–Crippen LogP) is 1.47. The second-order valence-corrected chi connectivity index (χ2v) is 3.39. The van der Waals surface area contributed by atoms with Crippen molar-refractivity contribution in [3.63, 3.8) is 0 Å². The standard InChI is InChI=1S/C11H15N3/c1-10(9-12)14(2)8-5-11-3-6-13-7-4-11/h3-4,6-7,10H,5,8H2,1-2H3. The first-order valence-electron chi connectivity index (χ1n) is 4.73. The van der Waals surface area contributed by atoms with Crippen LogP contribution >= 0.6 is 0 Å². The zero-order chi connectivity index (χ0) is 10.4. The maximum atomic E-state index is 8.70. The summed E-state index contributed by atoms with van der Waals surface area (Å²) in [5, 5.41) is 8.70. The van der Waals surface area contributed by atoms with Gasteiger partial charge < -0.3 is 0 Å². The molecule has 1 rings (SSSR count). The molecule has 0 bridgehead atoms. The first kappa shape index (κ1) is 10.7. The fourth-order valence-electron chi connectivity index (χ4n) is 1.15. The topological polar surface area (TPSA) is 39.9 Å². The second kappa shape index (κ2) is 5.36. The van der Waals surface area contributed by atoms with Crippen molar-refractivity contribution in [2.45, 2.75) is 19.4 Å². The van der Waals surface area contributed by atoms with Gasteiger partial charge in [0.1, 0.15) is 0 Å². The number of likely N-dealkylation sites (N-methyl/N-ethyl adjacent to an activating group) is 1. The molecule has 0 N–H and O–H groups in total. The molecule has 1 unspecified atom stereocenters. The van der Waals surface area contributed by atoms with E-state index in [4.69, 9.17) is 5.26 Å². The van der Waals surface area contributed by atoms with Crippen molar-refractivity contribution in [3.8, 4) is 6.07 Å². The van der Waals surface area contributed by atoms with Gasteiger partial charge in [0.2, 0.25) is 0 Å². The summed E-state index contributed by atoms with van der Waals surface area (Å²) in [5.41, 5.74) is 1.26. The lowest BCUT2D eigenvalue weighted by molar-refractivity contribution is 0.306. The van der Waals surface area contributed by atoms with Gasteiger partial charge in [0.25, 0.3) is 0 Å². The summed E-state index contributed by atoms with van der Waals surface area (Å²) in [6.45, 7) is 2.81. The summed E-state index contributed by atoms with van der Waals surface area (Å²) in [4.78, 5) is 6.00. The third-order valence-electron chi connectivity index (χ3n) is 2.35. The van der Waals surface area contributed by atoms with E-state index in [1.807, 2.05) is 31.0 Å². The number of nitrogens with zero attached hydrogens (tertiary/aromatic N) is 3. The van der Waals surface area contributed by atoms with E-state index in [0.717, 1.165) is 13.0 Å². The Hall–Kier alpha value is -1.40. The highest BCUT2D eigenvalue weighted by Crippen LogP contribution is 2.00. The van der Waals surface area contributed by atoms with Crippen LogP contribution in [0.15, 0.2) is 24.5 Å². The van der Waals surface area contributed by atoms with Crippen LogP contribution in [-0.4, -0.2) is 29.5 Å². The lowest BCUT2D eigenvalue weighted by Gasteiger charge is -2.18. The van der Waals surface area contributed by atoms with Gasteiger partial charge in [0.05, 0.1) is 12.1 Å². The zero-order valence-corrected chi connectivity index (χ0v) is 8.64. The SMILES string of the molecule is CC(C#N)N(C)CCc1ccncc1. The van der Waals surface area contributed by atoms with Gasteiger partial charge in [-0.25, -0.2) is 0 Å². The maximum absolute atomic E-state index is 8.70. The zero-order valence-electron chi connectivity index (χ0n) is 8.64. The Morgan fingerprint density at radius 2 is 2.14 bits per heavy atom. The minimum Gasteiger partial charge on any atom is -0.291 e. The fourth-order valence-corrected chi connectivity index (χ4v) is 1.15. The molecule has 1 heterocycles. The Morgan fingerprint density at radius 1 is 1.50 bits per heavy atom. The summed E-state index contributed by atoms with van der Waals surface area (Å²) in [6, 6.07) is 6.21. The maximum Gasteiger partial charge on any atom is 0.0946 e. The van der Waals surface area contributed by atoms with Crippen molar-refractivity contribution >= 4 is 0 Å². The smallest absolute Gasteiger partial charge is 0.0946 e. The Bertz CT molecular complexity index is 302. The van der Waals surface area contributed by atoms with E-state index in [1.54, 1.807) is 12.4 Å². The number of hydrogen-bond acceptors (Lipinski definition) is 3. The molecule has 0 aliphatic rings. The van der Waals surface area contributed by atoms with E-state index < -0.39 is 0 Å². The molecule has 14 heavy (non-hydrogen) atoms. The molecule has 1 aromatic heterocycles. The fraction of sp³-hybridized carbons (Fsp3) is 0.455. The monoisotopic (exact) mass is 189 g/mol. The molecular weight excluding hydrogens is 174 g/mol. The lowest BCUT2D eigenvalue weighted by Crippen LogP contribution is -2.29. The summed E-state index contributed by atoms with van der Waals surface area (Å²) in [7, 11) is 1.97. The summed E-state index contributed by atoms with van der Waals surface area (Å²) in [5.74, 6) is 0. The molecule has 0 amide bonds. The van der Waals surface area contributed by atoms with Gasteiger partial charge in [0, 0.05) is 18.9 Å². The van der Waals surface area contributed by atoms with E-state index in [-0.39, 0.29) is 6.04 Å². The van der Waals surface area contributed by atoms with E-state index >= 15 is 0 Å².